The van der Waals surface area contributed by atoms with Crippen LogP contribution in [0.25, 0.3) is 0 Å². The summed E-state index contributed by atoms with van der Waals surface area (Å²) < 4.78 is 13.3. The normalized spacial score (nSPS) is 16.3. The highest BCUT2D eigenvalue weighted by Crippen LogP contribution is 2.10. The summed E-state index contributed by atoms with van der Waals surface area (Å²) in [7, 11) is 0. The second kappa shape index (κ2) is 5.75. The van der Waals surface area contributed by atoms with Gasteiger partial charge in [-0.05, 0) is 6.07 Å². The molecule has 1 heterocycles. The molecule has 0 aliphatic carbocycles. The molecule has 0 radical (unpaired) electrons. The first-order chi connectivity index (χ1) is 7.65. The maximum Gasteiger partial charge on any atom is 0.240 e. The number of rotatable bonds is 2. The van der Waals surface area contributed by atoms with Gasteiger partial charge in [0.15, 0.2) is 0 Å². The number of carbonyl (C=O) groups excluding carboxylic acids is 2. The average Bonchev–Trinajstić information content (AvgIpc) is 2.20. The Kier molecular flexibility index (Phi) is 4.60. The van der Waals surface area contributed by atoms with E-state index in [0.29, 0.717) is 5.56 Å². The maximum absolute atomic E-state index is 13.3. The van der Waals surface area contributed by atoms with Crippen molar-refractivity contribution >= 4 is 24.2 Å². The topological polar surface area (TPSA) is 49.4 Å². The molecule has 0 unspecified atom stereocenters. The molecule has 92 valence electrons. The van der Waals surface area contributed by atoms with Gasteiger partial charge in [-0.25, -0.2) is 4.39 Å². The molecule has 1 N–H and O–H groups in total. The van der Waals surface area contributed by atoms with Gasteiger partial charge < -0.3 is 0 Å². The van der Waals surface area contributed by atoms with Crippen molar-refractivity contribution in [2.45, 2.75) is 6.54 Å². The fourth-order valence-electron chi connectivity index (χ4n) is 1.68. The SMILES string of the molecule is Cl.O=C1CN(Cc2ccccc2F)CC(=O)N1. The van der Waals surface area contributed by atoms with E-state index < -0.39 is 0 Å². The third kappa shape index (κ3) is 3.51. The van der Waals surface area contributed by atoms with Crippen LogP contribution in [0.4, 0.5) is 4.39 Å². The standard InChI is InChI=1S/C11H11FN2O2.ClH/c12-9-4-2-1-3-8(9)5-14-6-10(15)13-11(16)7-14;/h1-4H,5-7H2,(H,13,15,16);1H. The molecule has 2 amide bonds. The lowest BCUT2D eigenvalue weighted by molar-refractivity contribution is -0.136. The summed E-state index contributed by atoms with van der Waals surface area (Å²) in [6.07, 6.45) is 0. The second-order valence-corrected chi connectivity index (χ2v) is 3.71. The number of nitrogens with zero attached hydrogens (tertiary/aromatic N) is 1. The van der Waals surface area contributed by atoms with Gasteiger partial charge in [-0.2, -0.15) is 0 Å². The monoisotopic (exact) mass is 258 g/mol. The second-order valence-electron chi connectivity index (χ2n) is 3.71. The number of hydrogen-bond donors (Lipinski definition) is 1. The van der Waals surface area contributed by atoms with Gasteiger partial charge in [0.1, 0.15) is 5.82 Å². The van der Waals surface area contributed by atoms with Crippen LogP contribution in [0.15, 0.2) is 24.3 Å². The van der Waals surface area contributed by atoms with Crippen molar-refractivity contribution < 1.29 is 14.0 Å². The van der Waals surface area contributed by atoms with Gasteiger partial charge in [0.25, 0.3) is 0 Å². The van der Waals surface area contributed by atoms with E-state index in [9.17, 15) is 14.0 Å². The van der Waals surface area contributed by atoms with Crippen molar-refractivity contribution in [2.24, 2.45) is 0 Å². The highest BCUT2D eigenvalue weighted by Gasteiger charge is 2.22. The third-order valence-electron chi connectivity index (χ3n) is 2.37. The highest BCUT2D eigenvalue weighted by atomic mass is 35.5. The summed E-state index contributed by atoms with van der Waals surface area (Å²) in [5, 5.41) is 2.20. The van der Waals surface area contributed by atoms with Crippen LogP contribution in [0, 0.1) is 5.82 Å². The zero-order chi connectivity index (χ0) is 11.5. The minimum absolute atomic E-state index is 0. The van der Waals surface area contributed by atoms with Crippen LogP contribution >= 0.6 is 12.4 Å². The Balaban J connectivity index is 0.00000144. The van der Waals surface area contributed by atoms with E-state index in [1.54, 1.807) is 23.1 Å². The molecule has 1 saturated heterocycles. The first kappa shape index (κ1) is 13.6. The largest absolute Gasteiger partial charge is 0.294 e. The van der Waals surface area contributed by atoms with Crippen molar-refractivity contribution in [2.75, 3.05) is 13.1 Å². The van der Waals surface area contributed by atoms with Gasteiger partial charge in [0, 0.05) is 12.1 Å². The van der Waals surface area contributed by atoms with E-state index >= 15 is 0 Å². The van der Waals surface area contributed by atoms with Crippen molar-refractivity contribution in [1.82, 2.24) is 10.2 Å². The van der Waals surface area contributed by atoms with Crippen LogP contribution in [0.2, 0.25) is 0 Å². The molecule has 0 saturated carbocycles. The molecule has 1 aliphatic heterocycles. The van der Waals surface area contributed by atoms with Crippen molar-refractivity contribution in [3.8, 4) is 0 Å². The Morgan fingerprint density at radius 3 is 2.35 bits per heavy atom. The van der Waals surface area contributed by atoms with Gasteiger partial charge in [0.05, 0.1) is 13.1 Å². The van der Waals surface area contributed by atoms with E-state index in [4.69, 9.17) is 0 Å². The summed E-state index contributed by atoms with van der Waals surface area (Å²) in [5.74, 6) is -0.999. The van der Waals surface area contributed by atoms with Crippen molar-refractivity contribution in [3.63, 3.8) is 0 Å². The van der Waals surface area contributed by atoms with Gasteiger partial charge in [-0.1, -0.05) is 18.2 Å². The Morgan fingerprint density at radius 2 is 1.76 bits per heavy atom. The zero-order valence-corrected chi connectivity index (χ0v) is 9.80. The lowest BCUT2D eigenvalue weighted by atomic mass is 10.2. The molecule has 0 bridgehead atoms. The smallest absolute Gasteiger partial charge is 0.240 e. The third-order valence-corrected chi connectivity index (χ3v) is 2.37. The zero-order valence-electron chi connectivity index (χ0n) is 8.98. The summed E-state index contributed by atoms with van der Waals surface area (Å²) in [6.45, 7) is 0.520. The Morgan fingerprint density at radius 1 is 1.18 bits per heavy atom. The first-order valence-corrected chi connectivity index (χ1v) is 4.93. The molecule has 2 rings (SSSR count). The predicted octanol–water partition coefficient (Wildman–Crippen LogP) is 0.706. The number of imide groups is 1. The van der Waals surface area contributed by atoms with Crippen LogP contribution in [-0.2, 0) is 16.1 Å². The molecule has 1 aliphatic rings. The number of nitrogens with one attached hydrogen (secondary N) is 1. The molecular weight excluding hydrogens is 247 g/mol. The Bertz CT molecular complexity index is 423. The van der Waals surface area contributed by atoms with Gasteiger partial charge in [0.2, 0.25) is 11.8 Å². The first-order valence-electron chi connectivity index (χ1n) is 4.93. The summed E-state index contributed by atoms with van der Waals surface area (Å²) in [6, 6.07) is 6.34. The highest BCUT2D eigenvalue weighted by molar-refractivity contribution is 5.99. The Labute approximate surface area is 104 Å². The molecule has 6 heteroatoms. The lowest BCUT2D eigenvalue weighted by Gasteiger charge is -2.25. The van der Waals surface area contributed by atoms with Crippen LogP contribution in [0.3, 0.4) is 0 Å². The maximum atomic E-state index is 13.3. The minimum atomic E-state index is -0.340. The van der Waals surface area contributed by atoms with E-state index in [1.807, 2.05) is 0 Å². The average molecular weight is 259 g/mol. The molecule has 17 heavy (non-hydrogen) atoms. The summed E-state index contributed by atoms with van der Waals surface area (Å²) in [4.78, 5) is 23.8. The number of benzene rings is 1. The molecule has 1 fully saturated rings. The quantitative estimate of drug-likeness (QED) is 0.795. The number of amides is 2. The van der Waals surface area contributed by atoms with Crippen LogP contribution in [-0.4, -0.2) is 29.8 Å². The number of halogens is 2. The number of carbonyl (C=O) groups is 2. The lowest BCUT2D eigenvalue weighted by Crippen LogP contribution is -2.50. The van der Waals surface area contributed by atoms with Gasteiger partial charge in [-0.3, -0.25) is 19.8 Å². The van der Waals surface area contributed by atoms with Crippen LogP contribution in [0.1, 0.15) is 5.56 Å². The van der Waals surface area contributed by atoms with E-state index in [0.717, 1.165) is 0 Å². The number of hydrogen-bond acceptors (Lipinski definition) is 3. The fourth-order valence-corrected chi connectivity index (χ4v) is 1.68. The minimum Gasteiger partial charge on any atom is -0.294 e. The van der Waals surface area contributed by atoms with Crippen LogP contribution < -0.4 is 5.32 Å². The van der Waals surface area contributed by atoms with E-state index in [2.05, 4.69) is 5.32 Å². The molecule has 4 nitrogen and oxygen atoms in total. The number of piperazine rings is 1. The van der Waals surface area contributed by atoms with E-state index in [1.165, 1.54) is 6.07 Å². The Hall–Kier alpha value is -1.46. The van der Waals surface area contributed by atoms with Gasteiger partial charge in [-0.15, -0.1) is 12.4 Å². The predicted molar refractivity (Wildman–Crippen MR) is 62.1 cm³/mol. The molecule has 0 atom stereocenters. The molecule has 1 aromatic carbocycles. The summed E-state index contributed by atoms with van der Waals surface area (Å²) in [5.41, 5.74) is 0.491. The van der Waals surface area contributed by atoms with Crippen LogP contribution in [0.5, 0.6) is 0 Å². The molecular formula is C11H12ClFN2O2. The van der Waals surface area contributed by atoms with Gasteiger partial charge >= 0.3 is 0 Å². The molecule has 0 aromatic heterocycles. The van der Waals surface area contributed by atoms with Crippen molar-refractivity contribution in [3.05, 3.63) is 35.6 Å². The van der Waals surface area contributed by atoms with Crippen molar-refractivity contribution in [1.29, 1.82) is 0 Å². The fraction of sp³-hybridized carbons (Fsp3) is 0.273. The molecule has 0 spiro atoms. The summed E-state index contributed by atoms with van der Waals surface area (Å²) >= 11 is 0. The van der Waals surface area contributed by atoms with E-state index in [-0.39, 0.29) is 49.7 Å². The molecule has 1 aromatic rings.